The van der Waals surface area contributed by atoms with Crippen molar-refractivity contribution in [2.75, 3.05) is 14.2 Å². The second-order valence-electron chi connectivity index (χ2n) is 4.93. The van der Waals surface area contributed by atoms with Gasteiger partial charge in [-0.1, -0.05) is 36.4 Å². The zero-order valence-corrected chi connectivity index (χ0v) is 11.4. The molecule has 0 aromatic heterocycles. The third kappa shape index (κ3) is 2.07. The zero-order valence-electron chi connectivity index (χ0n) is 11.4. The Hall–Kier alpha value is -1.64. The minimum Gasteiger partial charge on any atom is -0.380 e. The van der Waals surface area contributed by atoms with Crippen molar-refractivity contribution in [1.29, 1.82) is 0 Å². The smallest absolute Gasteiger partial charge is 0.0719 e. The molecule has 2 nitrogen and oxygen atoms in total. The van der Waals surface area contributed by atoms with E-state index in [4.69, 9.17) is 9.47 Å². The SMILES string of the molecule is COCc1ccc2c(c1COC)Cc1ccccc1-2. The number of benzene rings is 2. The summed E-state index contributed by atoms with van der Waals surface area (Å²) in [4.78, 5) is 0. The van der Waals surface area contributed by atoms with Gasteiger partial charge in [-0.3, -0.25) is 0 Å². The summed E-state index contributed by atoms with van der Waals surface area (Å²) < 4.78 is 10.7. The summed E-state index contributed by atoms with van der Waals surface area (Å²) >= 11 is 0. The van der Waals surface area contributed by atoms with Gasteiger partial charge in [-0.2, -0.15) is 0 Å². The summed E-state index contributed by atoms with van der Waals surface area (Å²) in [5, 5.41) is 0. The van der Waals surface area contributed by atoms with E-state index < -0.39 is 0 Å². The van der Waals surface area contributed by atoms with Crippen LogP contribution < -0.4 is 0 Å². The van der Waals surface area contributed by atoms with Crippen LogP contribution in [0, 0.1) is 0 Å². The normalized spacial score (nSPS) is 12.3. The van der Waals surface area contributed by atoms with E-state index in [9.17, 15) is 0 Å². The van der Waals surface area contributed by atoms with E-state index >= 15 is 0 Å². The molecule has 2 aromatic rings. The highest BCUT2D eigenvalue weighted by atomic mass is 16.5. The quantitative estimate of drug-likeness (QED) is 0.709. The molecule has 0 fully saturated rings. The lowest BCUT2D eigenvalue weighted by molar-refractivity contribution is 0.168. The molecular weight excluding hydrogens is 236 g/mol. The number of ether oxygens (including phenoxy) is 2. The van der Waals surface area contributed by atoms with Gasteiger partial charge in [-0.15, -0.1) is 0 Å². The summed E-state index contributed by atoms with van der Waals surface area (Å²) in [6.07, 6.45) is 1.00. The Kier molecular flexibility index (Phi) is 3.36. The summed E-state index contributed by atoms with van der Waals surface area (Å²) in [5.41, 5.74) is 8.04. The Balaban J connectivity index is 2.13. The van der Waals surface area contributed by atoms with Crippen LogP contribution in [0.3, 0.4) is 0 Å². The van der Waals surface area contributed by atoms with Gasteiger partial charge in [0.05, 0.1) is 13.2 Å². The van der Waals surface area contributed by atoms with Crippen LogP contribution in [0.15, 0.2) is 36.4 Å². The van der Waals surface area contributed by atoms with Crippen molar-refractivity contribution in [1.82, 2.24) is 0 Å². The molecule has 0 saturated heterocycles. The summed E-state index contributed by atoms with van der Waals surface area (Å²) in [5.74, 6) is 0. The maximum Gasteiger partial charge on any atom is 0.0719 e. The lowest BCUT2D eigenvalue weighted by Crippen LogP contribution is -2.02. The van der Waals surface area contributed by atoms with E-state index in [1.165, 1.54) is 33.4 Å². The predicted molar refractivity (Wildman–Crippen MR) is 76.1 cm³/mol. The van der Waals surface area contributed by atoms with E-state index in [0.29, 0.717) is 13.2 Å². The van der Waals surface area contributed by atoms with E-state index in [-0.39, 0.29) is 0 Å². The molecule has 0 aliphatic heterocycles. The first-order chi connectivity index (χ1) is 9.35. The van der Waals surface area contributed by atoms with Crippen molar-refractivity contribution in [3.8, 4) is 11.1 Å². The highest BCUT2D eigenvalue weighted by Gasteiger charge is 2.22. The van der Waals surface area contributed by atoms with Crippen molar-refractivity contribution < 1.29 is 9.47 Å². The Morgan fingerprint density at radius 2 is 1.68 bits per heavy atom. The molecule has 0 radical (unpaired) electrons. The minimum atomic E-state index is 0.641. The van der Waals surface area contributed by atoms with Crippen LogP contribution in [0.5, 0.6) is 0 Å². The standard InChI is InChI=1S/C17H18O2/c1-18-10-13-7-8-15-14-6-4-3-5-12(14)9-16(15)17(13)11-19-2/h3-8H,9-11H2,1-2H3. The lowest BCUT2D eigenvalue weighted by atomic mass is 9.97. The van der Waals surface area contributed by atoms with Crippen LogP contribution in [0.2, 0.25) is 0 Å². The first-order valence-electron chi connectivity index (χ1n) is 6.55. The van der Waals surface area contributed by atoms with Crippen LogP contribution in [0.1, 0.15) is 22.3 Å². The second kappa shape index (κ2) is 5.16. The van der Waals surface area contributed by atoms with E-state index in [1.54, 1.807) is 14.2 Å². The van der Waals surface area contributed by atoms with Gasteiger partial charge >= 0.3 is 0 Å². The third-order valence-corrected chi connectivity index (χ3v) is 3.79. The Labute approximate surface area is 114 Å². The predicted octanol–water partition coefficient (Wildman–Crippen LogP) is 3.55. The summed E-state index contributed by atoms with van der Waals surface area (Å²) in [6, 6.07) is 13.0. The van der Waals surface area contributed by atoms with Crippen molar-refractivity contribution in [2.24, 2.45) is 0 Å². The number of hydrogen-bond acceptors (Lipinski definition) is 2. The lowest BCUT2D eigenvalue weighted by Gasteiger charge is -2.13. The molecule has 0 N–H and O–H groups in total. The molecule has 0 bridgehead atoms. The van der Waals surface area contributed by atoms with Crippen molar-refractivity contribution in [3.05, 3.63) is 58.7 Å². The van der Waals surface area contributed by atoms with Gasteiger partial charge in [0.1, 0.15) is 0 Å². The first-order valence-corrected chi connectivity index (χ1v) is 6.55. The molecule has 0 heterocycles. The fourth-order valence-corrected chi connectivity index (χ4v) is 2.94. The Morgan fingerprint density at radius 3 is 2.47 bits per heavy atom. The average Bonchev–Trinajstić information content (AvgIpc) is 2.81. The van der Waals surface area contributed by atoms with Gasteiger partial charge in [-0.05, 0) is 39.8 Å². The van der Waals surface area contributed by atoms with Gasteiger partial charge in [0.25, 0.3) is 0 Å². The van der Waals surface area contributed by atoms with Gasteiger partial charge < -0.3 is 9.47 Å². The van der Waals surface area contributed by atoms with E-state index in [2.05, 4.69) is 36.4 Å². The van der Waals surface area contributed by atoms with Gasteiger partial charge in [0.15, 0.2) is 0 Å². The molecule has 0 saturated carbocycles. The fourth-order valence-electron chi connectivity index (χ4n) is 2.94. The molecule has 2 aromatic carbocycles. The highest BCUT2D eigenvalue weighted by Crippen LogP contribution is 2.39. The molecule has 0 atom stereocenters. The monoisotopic (exact) mass is 254 g/mol. The number of rotatable bonds is 4. The number of hydrogen-bond donors (Lipinski definition) is 0. The third-order valence-electron chi connectivity index (χ3n) is 3.79. The topological polar surface area (TPSA) is 18.5 Å². The van der Waals surface area contributed by atoms with Crippen LogP contribution >= 0.6 is 0 Å². The summed E-state index contributed by atoms with van der Waals surface area (Å²) in [6.45, 7) is 1.29. The maximum atomic E-state index is 5.38. The molecule has 0 unspecified atom stereocenters. The first kappa shape index (κ1) is 12.4. The van der Waals surface area contributed by atoms with Crippen molar-refractivity contribution >= 4 is 0 Å². The van der Waals surface area contributed by atoms with Crippen LogP contribution in [-0.4, -0.2) is 14.2 Å². The van der Waals surface area contributed by atoms with Gasteiger partial charge in [-0.25, -0.2) is 0 Å². The zero-order chi connectivity index (χ0) is 13.2. The second-order valence-corrected chi connectivity index (χ2v) is 4.93. The van der Waals surface area contributed by atoms with Gasteiger partial charge in [0.2, 0.25) is 0 Å². The van der Waals surface area contributed by atoms with E-state index in [1.807, 2.05) is 0 Å². The van der Waals surface area contributed by atoms with Crippen LogP contribution in [0.25, 0.3) is 11.1 Å². The molecule has 0 amide bonds. The highest BCUT2D eigenvalue weighted by molar-refractivity contribution is 5.78. The largest absolute Gasteiger partial charge is 0.380 e. The molecule has 0 spiro atoms. The van der Waals surface area contributed by atoms with Crippen LogP contribution in [0.4, 0.5) is 0 Å². The Morgan fingerprint density at radius 1 is 0.895 bits per heavy atom. The molecule has 2 heteroatoms. The number of fused-ring (bicyclic) bond motifs is 3. The van der Waals surface area contributed by atoms with Crippen LogP contribution in [-0.2, 0) is 29.1 Å². The number of methoxy groups -OCH3 is 2. The Bertz CT molecular complexity index is 602. The molecule has 1 aliphatic carbocycles. The summed E-state index contributed by atoms with van der Waals surface area (Å²) in [7, 11) is 3.48. The molecule has 19 heavy (non-hydrogen) atoms. The maximum absolute atomic E-state index is 5.38. The molecule has 3 rings (SSSR count). The fraction of sp³-hybridized carbons (Fsp3) is 0.294. The average molecular weight is 254 g/mol. The molecular formula is C17H18O2. The van der Waals surface area contributed by atoms with Crippen molar-refractivity contribution in [3.63, 3.8) is 0 Å². The van der Waals surface area contributed by atoms with Crippen molar-refractivity contribution in [2.45, 2.75) is 19.6 Å². The molecule has 1 aliphatic rings. The van der Waals surface area contributed by atoms with Gasteiger partial charge in [0, 0.05) is 14.2 Å². The molecule has 98 valence electrons. The van der Waals surface area contributed by atoms with E-state index in [0.717, 1.165) is 6.42 Å². The minimum absolute atomic E-state index is 0.641.